The van der Waals surface area contributed by atoms with Crippen molar-refractivity contribution in [3.05, 3.63) is 47.9 Å². The summed E-state index contributed by atoms with van der Waals surface area (Å²) >= 11 is 0. The van der Waals surface area contributed by atoms with E-state index in [4.69, 9.17) is 0 Å². The van der Waals surface area contributed by atoms with E-state index in [9.17, 15) is 9.59 Å². The molecule has 0 unspecified atom stereocenters. The fraction of sp³-hybridized carbons (Fsp3) is 0.462. The number of amides is 2. The van der Waals surface area contributed by atoms with Gasteiger partial charge < -0.3 is 15.5 Å². The largest absolute Gasteiger partial charge is 0.367 e. The van der Waals surface area contributed by atoms with Gasteiger partial charge in [-0.2, -0.15) is 0 Å². The molecule has 1 saturated carbocycles. The molecule has 0 radical (unpaired) electrons. The smallest absolute Gasteiger partial charge is 0.274 e. The van der Waals surface area contributed by atoms with Crippen LogP contribution >= 0.6 is 0 Å². The minimum atomic E-state index is -0.0408. The molecule has 3 heterocycles. The van der Waals surface area contributed by atoms with Crippen LogP contribution in [0, 0.1) is 5.92 Å². The first-order valence-electron chi connectivity index (χ1n) is 12.3. The van der Waals surface area contributed by atoms with E-state index in [1.165, 1.54) is 0 Å². The molecule has 2 aromatic heterocycles. The Labute approximate surface area is 199 Å². The number of nitrogens with one attached hydrogen (secondary N) is 2. The summed E-state index contributed by atoms with van der Waals surface area (Å²) in [6.45, 7) is 6.54. The summed E-state index contributed by atoms with van der Waals surface area (Å²) in [4.78, 5) is 36.8. The Hall–Kier alpha value is -3.42. The molecular formula is C26H32N6O2. The maximum absolute atomic E-state index is 13.3. The lowest BCUT2D eigenvalue weighted by molar-refractivity contribution is 0.0717. The number of hydrogen-bond acceptors (Lipinski definition) is 5. The third-order valence-corrected chi connectivity index (χ3v) is 6.39. The second-order valence-corrected chi connectivity index (χ2v) is 9.76. The number of aromatic nitrogens is 3. The zero-order valence-corrected chi connectivity index (χ0v) is 19.9. The van der Waals surface area contributed by atoms with Crippen LogP contribution in [0.4, 0.5) is 5.82 Å². The van der Waals surface area contributed by atoms with Gasteiger partial charge in [-0.3, -0.25) is 14.0 Å². The first kappa shape index (κ1) is 22.4. The van der Waals surface area contributed by atoms with E-state index in [2.05, 4.69) is 34.4 Å². The van der Waals surface area contributed by atoms with Gasteiger partial charge in [0.1, 0.15) is 5.69 Å². The van der Waals surface area contributed by atoms with Crippen LogP contribution in [0.3, 0.4) is 0 Å². The van der Waals surface area contributed by atoms with Gasteiger partial charge in [-0.05, 0) is 50.2 Å². The number of likely N-dealkylation sites (tertiary alicyclic amines) is 1. The second kappa shape index (κ2) is 9.44. The highest BCUT2D eigenvalue weighted by Crippen LogP contribution is 2.26. The number of piperidine rings is 1. The van der Waals surface area contributed by atoms with Crippen molar-refractivity contribution in [2.45, 2.75) is 52.0 Å². The molecule has 178 valence electrons. The highest BCUT2D eigenvalue weighted by molar-refractivity contribution is 5.95. The molecule has 2 aliphatic rings. The Kier molecular flexibility index (Phi) is 6.22. The number of carbonyl (C=O) groups is 2. The number of nitrogens with zero attached hydrogens (tertiary/aromatic N) is 4. The molecule has 5 rings (SSSR count). The normalized spacial score (nSPS) is 16.1. The fourth-order valence-corrected chi connectivity index (χ4v) is 4.27. The minimum Gasteiger partial charge on any atom is -0.367 e. The first-order valence-corrected chi connectivity index (χ1v) is 12.3. The minimum absolute atomic E-state index is 0.0361. The molecule has 1 aliphatic carbocycles. The zero-order chi connectivity index (χ0) is 23.7. The molecule has 8 nitrogen and oxygen atoms in total. The van der Waals surface area contributed by atoms with Gasteiger partial charge in [0.2, 0.25) is 0 Å². The van der Waals surface area contributed by atoms with E-state index in [0.29, 0.717) is 34.7 Å². The molecule has 1 aliphatic heterocycles. The van der Waals surface area contributed by atoms with Crippen molar-refractivity contribution in [2.75, 3.05) is 25.0 Å². The maximum Gasteiger partial charge on any atom is 0.274 e. The summed E-state index contributed by atoms with van der Waals surface area (Å²) in [5.41, 5.74) is 3.52. The van der Waals surface area contributed by atoms with Crippen LogP contribution in [-0.4, -0.2) is 56.8 Å². The molecule has 3 aromatic rings. The van der Waals surface area contributed by atoms with Crippen molar-refractivity contribution < 1.29 is 9.59 Å². The van der Waals surface area contributed by atoms with Crippen molar-refractivity contribution in [3.8, 4) is 11.3 Å². The number of anilines is 1. The van der Waals surface area contributed by atoms with Crippen LogP contribution in [0.2, 0.25) is 0 Å². The van der Waals surface area contributed by atoms with Gasteiger partial charge in [0.25, 0.3) is 11.8 Å². The van der Waals surface area contributed by atoms with Crippen LogP contribution in [0.5, 0.6) is 0 Å². The van der Waals surface area contributed by atoms with E-state index in [-0.39, 0.29) is 11.8 Å². The third-order valence-electron chi connectivity index (χ3n) is 6.39. The predicted molar refractivity (Wildman–Crippen MR) is 132 cm³/mol. The summed E-state index contributed by atoms with van der Waals surface area (Å²) in [7, 11) is 0. The molecule has 34 heavy (non-hydrogen) atoms. The highest BCUT2D eigenvalue weighted by Gasteiger charge is 2.24. The Morgan fingerprint density at radius 1 is 1.09 bits per heavy atom. The Morgan fingerprint density at radius 2 is 1.82 bits per heavy atom. The van der Waals surface area contributed by atoms with Gasteiger partial charge in [0.05, 0.1) is 11.9 Å². The molecule has 1 saturated heterocycles. The van der Waals surface area contributed by atoms with Gasteiger partial charge in [0.15, 0.2) is 11.5 Å². The highest BCUT2D eigenvalue weighted by atomic mass is 16.2. The van der Waals surface area contributed by atoms with Crippen LogP contribution in [0.15, 0.2) is 36.7 Å². The summed E-state index contributed by atoms with van der Waals surface area (Å²) in [5.74, 6) is 0.960. The number of rotatable bonds is 7. The lowest BCUT2D eigenvalue weighted by Gasteiger charge is -2.26. The quantitative estimate of drug-likeness (QED) is 0.556. The summed E-state index contributed by atoms with van der Waals surface area (Å²) in [6.07, 6.45) is 8.94. The number of fused-ring (bicyclic) bond motifs is 1. The summed E-state index contributed by atoms with van der Waals surface area (Å²) in [6, 6.07) is 7.86. The molecule has 1 aromatic carbocycles. The Balaban J connectivity index is 1.49. The lowest BCUT2D eigenvalue weighted by atomic mass is 10.1. The number of benzene rings is 1. The van der Waals surface area contributed by atoms with E-state index in [0.717, 1.165) is 63.0 Å². The molecule has 2 amide bonds. The van der Waals surface area contributed by atoms with E-state index in [1.54, 1.807) is 12.4 Å². The molecule has 2 N–H and O–H groups in total. The summed E-state index contributed by atoms with van der Waals surface area (Å²) in [5, 5.41) is 6.40. The van der Waals surface area contributed by atoms with Crippen molar-refractivity contribution in [2.24, 2.45) is 5.92 Å². The van der Waals surface area contributed by atoms with Gasteiger partial charge in [-0.1, -0.05) is 26.0 Å². The average Bonchev–Trinajstić information content (AvgIpc) is 3.57. The standard InChI is InChI=1S/C26H32N6O2/c1-17(2)14-27-23-24-28-15-22(18-6-8-19(9-7-18)25(33)29-20-10-11-20)32(24)16-21(30-23)26(34)31-12-4-3-5-13-31/h6-9,15-17,20H,3-5,10-14H2,1-2H3,(H,27,30)(H,29,33). The van der Waals surface area contributed by atoms with Crippen molar-refractivity contribution in [1.29, 1.82) is 0 Å². The average molecular weight is 461 g/mol. The molecule has 0 bridgehead atoms. The number of carbonyl (C=O) groups excluding carboxylic acids is 2. The lowest BCUT2D eigenvalue weighted by Crippen LogP contribution is -2.36. The second-order valence-electron chi connectivity index (χ2n) is 9.76. The van der Waals surface area contributed by atoms with Crippen LogP contribution < -0.4 is 10.6 Å². The van der Waals surface area contributed by atoms with Crippen LogP contribution in [0.1, 0.15) is 66.8 Å². The van der Waals surface area contributed by atoms with Crippen LogP contribution in [0.25, 0.3) is 16.9 Å². The maximum atomic E-state index is 13.3. The van der Waals surface area contributed by atoms with Crippen molar-refractivity contribution in [1.82, 2.24) is 24.6 Å². The van der Waals surface area contributed by atoms with E-state index >= 15 is 0 Å². The number of imidazole rings is 1. The first-order chi connectivity index (χ1) is 16.5. The van der Waals surface area contributed by atoms with Gasteiger partial charge >= 0.3 is 0 Å². The van der Waals surface area contributed by atoms with Gasteiger partial charge in [0, 0.05) is 43.0 Å². The Bertz CT molecular complexity index is 1190. The molecule has 0 spiro atoms. The van der Waals surface area contributed by atoms with Gasteiger partial charge in [-0.25, -0.2) is 9.97 Å². The topological polar surface area (TPSA) is 91.6 Å². The molecule has 0 atom stereocenters. The fourth-order valence-electron chi connectivity index (χ4n) is 4.27. The molecular weight excluding hydrogens is 428 g/mol. The monoisotopic (exact) mass is 460 g/mol. The third kappa shape index (κ3) is 4.76. The number of hydrogen-bond donors (Lipinski definition) is 2. The van der Waals surface area contributed by atoms with E-state index in [1.807, 2.05) is 33.6 Å². The predicted octanol–water partition coefficient (Wildman–Crippen LogP) is 3.98. The van der Waals surface area contributed by atoms with Crippen LogP contribution in [-0.2, 0) is 0 Å². The van der Waals surface area contributed by atoms with Gasteiger partial charge in [-0.15, -0.1) is 0 Å². The summed E-state index contributed by atoms with van der Waals surface area (Å²) < 4.78 is 1.94. The Morgan fingerprint density at radius 3 is 2.50 bits per heavy atom. The van der Waals surface area contributed by atoms with Crippen molar-refractivity contribution >= 4 is 23.3 Å². The SMILES string of the molecule is CC(C)CNc1nc(C(=O)N2CCCCC2)cn2c(-c3ccc(C(=O)NC4CC4)cc3)cnc12. The van der Waals surface area contributed by atoms with Crippen molar-refractivity contribution in [3.63, 3.8) is 0 Å². The zero-order valence-electron chi connectivity index (χ0n) is 19.9. The van der Waals surface area contributed by atoms with E-state index < -0.39 is 0 Å². The molecule has 8 heteroatoms. The molecule has 2 fully saturated rings.